The monoisotopic (exact) mass is 349 g/mol. The number of amides is 1. The van der Waals surface area contributed by atoms with Crippen LogP contribution in [0.4, 0.5) is 4.79 Å². The van der Waals surface area contributed by atoms with Gasteiger partial charge in [0, 0.05) is 18.7 Å². The number of carbonyl (C=O) groups is 2. The second kappa shape index (κ2) is 8.54. The summed E-state index contributed by atoms with van der Waals surface area (Å²) in [5, 5.41) is 0. The SMILES string of the molecule is C=COC(=O)N1CC2C(C)CC(C)C(C1)C2CC=C(C)C(=O)OCC. The Hall–Kier alpha value is -1.78. The topological polar surface area (TPSA) is 55.8 Å². The maximum absolute atomic E-state index is 12.1. The lowest BCUT2D eigenvalue weighted by Gasteiger charge is -2.52. The lowest BCUT2D eigenvalue weighted by molar-refractivity contribution is -0.138. The van der Waals surface area contributed by atoms with Crippen LogP contribution in [0.3, 0.4) is 0 Å². The van der Waals surface area contributed by atoms with E-state index in [1.807, 2.05) is 24.8 Å². The Kier molecular flexibility index (Phi) is 6.68. The van der Waals surface area contributed by atoms with Crippen LogP contribution < -0.4 is 0 Å². The highest BCUT2D eigenvalue weighted by molar-refractivity contribution is 5.87. The molecule has 140 valence electrons. The third-order valence-corrected chi connectivity index (χ3v) is 5.90. The number of fused-ring (bicyclic) bond motifs is 2. The van der Waals surface area contributed by atoms with Gasteiger partial charge in [0.25, 0.3) is 0 Å². The number of nitrogens with zero attached hydrogens (tertiary/aromatic N) is 1. The van der Waals surface area contributed by atoms with Gasteiger partial charge in [0.15, 0.2) is 0 Å². The van der Waals surface area contributed by atoms with Crippen LogP contribution in [0.15, 0.2) is 24.5 Å². The van der Waals surface area contributed by atoms with Crippen molar-refractivity contribution in [3.63, 3.8) is 0 Å². The van der Waals surface area contributed by atoms with Gasteiger partial charge in [-0.1, -0.05) is 26.5 Å². The number of hydrogen-bond donors (Lipinski definition) is 0. The molecular formula is C20H31NO4. The van der Waals surface area contributed by atoms with Crippen LogP contribution in [0, 0.1) is 29.6 Å². The standard InChI is InChI=1S/C20H31NO4/c1-6-24-19(22)13(3)8-9-16-17-11-21(20(23)25-7-2)12-18(16)15(5)10-14(17)4/h7-8,14-18H,2,6,9-12H2,1,3-5H3. The molecule has 1 saturated heterocycles. The van der Waals surface area contributed by atoms with Gasteiger partial charge in [0.05, 0.1) is 12.9 Å². The molecule has 0 spiro atoms. The molecule has 0 aromatic carbocycles. The molecule has 0 aromatic rings. The first-order valence-electron chi connectivity index (χ1n) is 9.29. The number of rotatable bonds is 5. The summed E-state index contributed by atoms with van der Waals surface area (Å²) in [5.74, 6) is 2.20. The minimum atomic E-state index is -0.303. The smallest absolute Gasteiger partial charge is 0.414 e. The summed E-state index contributed by atoms with van der Waals surface area (Å²) in [5.41, 5.74) is 0.675. The van der Waals surface area contributed by atoms with E-state index in [2.05, 4.69) is 20.4 Å². The van der Waals surface area contributed by atoms with Crippen LogP contribution in [0.5, 0.6) is 0 Å². The summed E-state index contributed by atoms with van der Waals surface area (Å²) >= 11 is 0. The van der Waals surface area contributed by atoms with E-state index >= 15 is 0 Å². The number of hydrogen-bond acceptors (Lipinski definition) is 4. The highest BCUT2D eigenvalue weighted by Gasteiger charge is 2.46. The normalized spacial score (nSPS) is 32.1. The molecule has 5 heteroatoms. The van der Waals surface area contributed by atoms with Crippen molar-refractivity contribution in [2.24, 2.45) is 29.6 Å². The van der Waals surface area contributed by atoms with Gasteiger partial charge in [-0.2, -0.15) is 0 Å². The zero-order valence-corrected chi connectivity index (χ0v) is 15.9. The number of piperidine rings is 1. The van der Waals surface area contributed by atoms with Gasteiger partial charge in [-0.25, -0.2) is 9.59 Å². The Labute approximate surface area is 151 Å². The van der Waals surface area contributed by atoms with E-state index in [0.717, 1.165) is 6.42 Å². The van der Waals surface area contributed by atoms with E-state index in [0.29, 0.717) is 54.9 Å². The zero-order chi connectivity index (χ0) is 18.6. The first-order chi connectivity index (χ1) is 11.9. The van der Waals surface area contributed by atoms with Crippen molar-refractivity contribution in [1.82, 2.24) is 4.90 Å². The highest BCUT2D eigenvalue weighted by Crippen LogP contribution is 2.47. The Morgan fingerprint density at radius 2 is 1.80 bits per heavy atom. The van der Waals surface area contributed by atoms with Crippen molar-refractivity contribution in [2.45, 2.75) is 40.5 Å². The lowest BCUT2D eigenvalue weighted by atomic mass is 9.59. The number of likely N-dealkylation sites (tertiary alicyclic amines) is 1. The zero-order valence-electron chi connectivity index (χ0n) is 15.9. The van der Waals surface area contributed by atoms with Gasteiger partial charge in [0.2, 0.25) is 0 Å². The van der Waals surface area contributed by atoms with Crippen molar-refractivity contribution in [2.75, 3.05) is 19.7 Å². The molecule has 1 aliphatic carbocycles. The molecule has 0 aromatic heterocycles. The van der Waals surface area contributed by atoms with Crippen molar-refractivity contribution >= 4 is 12.1 Å². The Morgan fingerprint density at radius 3 is 2.32 bits per heavy atom. The molecule has 1 amide bonds. The molecule has 1 heterocycles. The molecule has 1 aliphatic heterocycles. The van der Waals surface area contributed by atoms with E-state index in [1.165, 1.54) is 12.7 Å². The fraction of sp³-hybridized carbons (Fsp3) is 0.700. The second-order valence-electron chi connectivity index (χ2n) is 7.48. The van der Waals surface area contributed by atoms with Gasteiger partial charge in [-0.3, -0.25) is 0 Å². The molecule has 2 fully saturated rings. The van der Waals surface area contributed by atoms with Gasteiger partial charge >= 0.3 is 12.1 Å². The average molecular weight is 349 g/mol. The van der Waals surface area contributed by atoms with Gasteiger partial charge in [-0.15, -0.1) is 0 Å². The predicted molar refractivity (Wildman–Crippen MR) is 96.7 cm³/mol. The average Bonchev–Trinajstić information content (AvgIpc) is 2.57. The van der Waals surface area contributed by atoms with E-state index in [1.54, 1.807) is 0 Å². The Morgan fingerprint density at radius 1 is 1.20 bits per heavy atom. The van der Waals surface area contributed by atoms with Crippen LogP contribution in [-0.2, 0) is 14.3 Å². The highest BCUT2D eigenvalue weighted by atomic mass is 16.5. The van der Waals surface area contributed by atoms with E-state index in [-0.39, 0.29) is 12.1 Å². The number of carbonyl (C=O) groups excluding carboxylic acids is 2. The maximum Gasteiger partial charge on any atom is 0.414 e. The quantitative estimate of drug-likeness (QED) is 0.427. The van der Waals surface area contributed by atoms with Crippen LogP contribution in [0.2, 0.25) is 0 Å². The molecule has 4 atom stereocenters. The minimum Gasteiger partial charge on any atom is -0.463 e. The molecule has 1 saturated carbocycles. The largest absolute Gasteiger partial charge is 0.463 e. The van der Waals surface area contributed by atoms with E-state index < -0.39 is 0 Å². The Bertz CT molecular complexity index is 524. The molecule has 25 heavy (non-hydrogen) atoms. The van der Waals surface area contributed by atoms with Gasteiger partial charge in [-0.05, 0) is 56.3 Å². The third-order valence-electron chi connectivity index (χ3n) is 5.90. The molecular weight excluding hydrogens is 318 g/mol. The maximum atomic E-state index is 12.1. The van der Waals surface area contributed by atoms with E-state index in [9.17, 15) is 9.59 Å². The molecule has 0 N–H and O–H groups in total. The van der Waals surface area contributed by atoms with Crippen LogP contribution in [0.1, 0.15) is 40.5 Å². The fourth-order valence-corrected chi connectivity index (χ4v) is 4.60. The summed E-state index contributed by atoms with van der Waals surface area (Å²) in [6.45, 7) is 13.5. The molecule has 0 radical (unpaired) electrons. The summed E-state index contributed by atoms with van der Waals surface area (Å²) in [6.07, 6.45) is 4.96. The third kappa shape index (κ3) is 4.44. The summed E-state index contributed by atoms with van der Waals surface area (Å²) in [4.78, 5) is 25.8. The number of ether oxygens (including phenoxy) is 2. The van der Waals surface area contributed by atoms with Crippen molar-refractivity contribution in [1.29, 1.82) is 0 Å². The molecule has 2 rings (SSSR count). The predicted octanol–water partition coefficient (Wildman–Crippen LogP) is 4.01. The van der Waals surface area contributed by atoms with Gasteiger partial charge in [0.1, 0.15) is 0 Å². The first kappa shape index (κ1) is 19.5. The second-order valence-corrected chi connectivity index (χ2v) is 7.48. The van der Waals surface area contributed by atoms with Crippen molar-refractivity contribution in [3.05, 3.63) is 24.5 Å². The van der Waals surface area contributed by atoms with Crippen LogP contribution in [-0.4, -0.2) is 36.7 Å². The molecule has 2 aliphatic rings. The molecule has 4 unspecified atom stereocenters. The van der Waals surface area contributed by atoms with Gasteiger partial charge < -0.3 is 14.4 Å². The Balaban J connectivity index is 2.13. The minimum absolute atomic E-state index is 0.235. The first-order valence-corrected chi connectivity index (χ1v) is 9.29. The lowest BCUT2D eigenvalue weighted by Crippen LogP contribution is -2.55. The molecule has 5 nitrogen and oxygen atoms in total. The summed E-state index contributed by atoms with van der Waals surface area (Å²) in [7, 11) is 0. The molecule has 2 bridgehead atoms. The van der Waals surface area contributed by atoms with Crippen LogP contribution >= 0.6 is 0 Å². The van der Waals surface area contributed by atoms with Crippen LogP contribution in [0.25, 0.3) is 0 Å². The van der Waals surface area contributed by atoms with Crippen molar-refractivity contribution < 1.29 is 19.1 Å². The fourth-order valence-electron chi connectivity index (χ4n) is 4.60. The van der Waals surface area contributed by atoms with Crippen molar-refractivity contribution in [3.8, 4) is 0 Å². The summed E-state index contributed by atoms with van der Waals surface area (Å²) < 4.78 is 10.1. The number of allylic oxidation sites excluding steroid dienone is 1. The number of esters is 1. The van der Waals surface area contributed by atoms with E-state index in [4.69, 9.17) is 9.47 Å². The summed E-state index contributed by atoms with van der Waals surface area (Å²) in [6, 6.07) is 0.